The van der Waals surface area contributed by atoms with Gasteiger partial charge in [0, 0.05) is 12.6 Å². The third-order valence-corrected chi connectivity index (χ3v) is 2.84. The molecule has 1 aromatic rings. The van der Waals surface area contributed by atoms with Crippen molar-refractivity contribution in [3.05, 3.63) is 29.3 Å². The van der Waals surface area contributed by atoms with Gasteiger partial charge >= 0.3 is 6.18 Å². The summed E-state index contributed by atoms with van der Waals surface area (Å²) in [4.78, 5) is 1.20. The van der Waals surface area contributed by atoms with Gasteiger partial charge in [0.05, 0.1) is 11.3 Å². The first-order valence-corrected chi connectivity index (χ1v) is 6.29. The summed E-state index contributed by atoms with van der Waals surface area (Å²) in [6.07, 6.45) is -4.30. The maximum absolute atomic E-state index is 12.7. The maximum atomic E-state index is 12.7. The number of anilines is 1. The van der Waals surface area contributed by atoms with Gasteiger partial charge in [-0.05, 0) is 38.6 Å². The van der Waals surface area contributed by atoms with E-state index in [2.05, 4.69) is 5.32 Å². The summed E-state index contributed by atoms with van der Waals surface area (Å²) in [7, 11) is 1.77. The van der Waals surface area contributed by atoms with Crippen molar-refractivity contribution in [3.63, 3.8) is 0 Å². The maximum Gasteiger partial charge on any atom is 0.405 e. The van der Waals surface area contributed by atoms with Gasteiger partial charge in [-0.15, -0.1) is 0 Å². The molecule has 3 nitrogen and oxygen atoms in total. The van der Waals surface area contributed by atoms with Crippen LogP contribution >= 0.6 is 0 Å². The third kappa shape index (κ3) is 4.42. The number of hydrogen-bond acceptors (Lipinski definition) is 3. The molecule has 0 spiro atoms. The standard InChI is InChI=1S/C14H18F3N3/c1-10(2)20(9-14(15,16)17)13-5-4-11(8-19-3)6-12(13)7-18/h4-6,10,19H,8-9H2,1-3H3. The van der Waals surface area contributed by atoms with Crippen LogP contribution in [0, 0.1) is 11.3 Å². The summed E-state index contributed by atoms with van der Waals surface area (Å²) >= 11 is 0. The Morgan fingerprint density at radius 2 is 2.00 bits per heavy atom. The first-order valence-electron chi connectivity index (χ1n) is 6.29. The summed E-state index contributed by atoms with van der Waals surface area (Å²) in [5.74, 6) is 0. The van der Waals surface area contributed by atoms with Crippen LogP contribution in [0.15, 0.2) is 18.2 Å². The smallest absolute Gasteiger partial charge is 0.359 e. The number of alkyl halides is 3. The molecule has 0 atom stereocenters. The van der Waals surface area contributed by atoms with Gasteiger partial charge in [-0.2, -0.15) is 18.4 Å². The van der Waals surface area contributed by atoms with E-state index in [-0.39, 0.29) is 11.6 Å². The van der Waals surface area contributed by atoms with E-state index < -0.39 is 12.7 Å². The highest BCUT2D eigenvalue weighted by molar-refractivity contribution is 5.61. The van der Waals surface area contributed by atoms with Gasteiger partial charge in [-0.1, -0.05) is 6.07 Å². The molecule has 0 fully saturated rings. The third-order valence-electron chi connectivity index (χ3n) is 2.84. The fourth-order valence-corrected chi connectivity index (χ4v) is 1.98. The predicted molar refractivity (Wildman–Crippen MR) is 72.5 cm³/mol. The van der Waals surface area contributed by atoms with Crippen LogP contribution in [0.4, 0.5) is 18.9 Å². The normalized spacial score (nSPS) is 11.5. The van der Waals surface area contributed by atoms with Gasteiger partial charge in [-0.3, -0.25) is 0 Å². The first-order chi connectivity index (χ1) is 9.28. The average molecular weight is 285 g/mol. The van der Waals surface area contributed by atoms with E-state index in [1.54, 1.807) is 39.1 Å². The summed E-state index contributed by atoms with van der Waals surface area (Å²) < 4.78 is 38.0. The Bertz CT molecular complexity index is 489. The van der Waals surface area contributed by atoms with E-state index in [0.717, 1.165) is 5.56 Å². The number of nitrogens with zero attached hydrogens (tertiary/aromatic N) is 2. The fourth-order valence-electron chi connectivity index (χ4n) is 1.98. The minimum Gasteiger partial charge on any atom is -0.359 e. The number of rotatable bonds is 5. The SMILES string of the molecule is CNCc1ccc(N(CC(F)(F)F)C(C)C)c(C#N)c1. The highest BCUT2D eigenvalue weighted by Gasteiger charge is 2.32. The molecule has 1 aromatic carbocycles. The molecule has 0 bridgehead atoms. The Morgan fingerprint density at radius 1 is 1.35 bits per heavy atom. The topological polar surface area (TPSA) is 39.1 Å². The average Bonchev–Trinajstić information content (AvgIpc) is 2.35. The lowest BCUT2D eigenvalue weighted by atomic mass is 10.1. The van der Waals surface area contributed by atoms with E-state index in [4.69, 9.17) is 5.26 Å². The minimum absolute atomic E-state index is 0.260. The van der Waals surface area contributed by atoms with Crippen LogP contribution in [0.3, 0.4) is 0 Å². The quantitative estimate of drug-likeness (QED) is 0.903. The molecule has 1 N–H and O–H groups in total. The summed E-state index contributed by atoms with van der Waals surface area (Å²) in [6.45, 7) is 2.85. The Morgan fingerprint density at radius 3 is 2.45 bits per heavy atom. The molecule has 0 aliphatic rings. The van der Waals surface area contributed by atoms with E-state index in [1.165, 1.54) is 4.90 Å². The lowest BCUT2D eigenvalue weighted by Crippen LogP contribution is -2.39. The van der Waals surface area contributed by atoms with Crippen molar-refractivity contribution in [1.29, 1.82) is 5.26 Å². The van der Waals surface area contributed by atoms with E-state index in [9.17, 15) is 13.2 Å². The van der Waals surface area contributed by atoms with Gasteiger partial charge in [0.1, 0.15) is 12.6 Å². The molecule has 0 heterocycles. The van der Waals surface area contributed by atoms with E-state index in [1.807, 2.05) is 6.07 Å². The van der Waals surface area contributed by atoms with Crippen LogP contribution < -0.4 is 10.2 Å². The molecule has 0 unspecified atom stereocenters. The van der Waals surface area contributed by atoms with Gasteiger partial charge in [0.2, 0.25) is 0 Å². The molecule has 0 aliphatic heterocycles. The largest absolute Gasteiger partial charge is 0.405 e. The van der Waals surface area contributed by atoms with Crippen molar-refractivity contribution in [2.24, 2.45) is 0 Å². The number of hydrogen-bond donors (Lipinski definition) is 1. The van der Waals surface area contributed by atoms with Crippen LogP contribution in [0.1, 0.15) is 25.0 Å². The summed E-state index contributed by atoms with van der Waals surface area (Å²) in [5, 5.41) is 12.1. The molecule has 0 aromatic heterocycles. The molecule has 0 saturated carbocycles. The molecule has 0 radical (unpaired) electrons. The van der Waals surface area contributed by atoms with Gasteiger partial charge in [0.25, 0.3) is 0 Å². The molecule has 20 heavy (non-hydrogen) atoms. The Kier molecular flexibility index (Phi) is 5.40. The zero-order chi connectivity index (χ0) is 15.3. The van der Waals surface area contributed by atoms with Crippen molar-refractivity contribution in [2.75, 3.05) is 18.5 Å². The zero-order valence-corrected chi connectivity index (χ0v) is 11.8. The van der Waals surface area contributed by atoms with Crippen molar-refractivity contribution in [2.45, 2.75) is 32.6 Å². The lowest BCUT2D eigenvalue weighted by Gasteiger charge is -2.30. The van der Waals surface area contributed by atoms with E-state index in [0.29, 0.717) is 12.2 Å². The zero-order valence-electron chi connectivity index (χ0n) is 11.8. The first kappa shape index (κ1) is 16.3. The van der Waals surface area contributed by atoms with Gasteiger partial charge in [-0.25, -0.2) is 0 Å². The molecular weight excluding hydrogens is 267 g/mol. The van der Waals surface area contributed by atoms with E-state index >= 15 is 0 Å². The molecule has 6 heteroatoms. The van der Waals surface area contributed by atoms with Crippen LogP contribution in [0.25, 0.3) is 0 Å². The summed E-state index contributed by atoms with van der Waals surface area (Å²) in [5.41, 5.74) is 1.44. The number of nitrogens with one attached hydrogen (secondary N) is 1. The predicted octanol–water partition coefficient (Wildman–Crippen LogP) is 3.05. The van der Waals surface area contributed by atoms with Crippen LogP contribution in [0.5, 0.6) is 0 Å². The van der Waals surface area contributed by atoms with Crippen LogP contribution in [-0.2, 0) is 6.54 Å². The summed E-state index contributed by atoms with van der Waals surface area (Å²) in [6, 6.07) is 6.57. The van der Waals surface area contributed by atoms with Crippen LogP contribution in [-0.4, -0.2) is 25.8 Å². The number of benzene rings is 1. The highest BCUT2D eigenvalue weighted by atomic mass is 19.4. The van der Waals surface area contributed by atoms with Gasteiger partial charge < -0.3 is 10.2 Å². The second-order valence-corrected chi connectivity index (χ2v) is 4.83. The second-order valence-electron chi connectivity index (χ2n) is 4.83. The number of nitriles is 1. The number of halogens is 3. The second kappa shape index (κ2) is 6.62. The Balaban J connectivity index is 3.17. The highest BCUT2D eigenvalue weighted by Crippen LogP contribution is 2.27. The molecule has 0 aliphatic carbocycles. The van der Waals surface area contributed by atoms with Crippen molar-refractivity contribution in [1.82, 2.24) is 5.32 Å². The van der Waals surface area contributed by atoms with Gasteiger partial charge in [0.15, 0.2) is 0 Å². The molecular formula is C14H18F3N3. The lowest BCUT2D eigenvalue weighted by molar-refractivity contribution is -0.120. The molecule has 110 valence electrons. The van der Waals surface area contributed by atoms with Crippen molar-refractivity contribution < 1.29 is 13.2 Å². The fraction of sp³-hybridized carbons (Fsp3) is 0.500. The Hall–Kier alpha value is -1.74. The van der Waals surface area contributed by atoms with Crippen molar-refractivity contribution in [3.8, 4) is 6.07 Å². The molecule has 0 saturated heterocycles. The molecule has 0 amide bonds. The monoisotopic (exact) mass is 285 g/mol. The van der Waals surface area contributed by atoms with Crippen molar-refractivity contribution >= 4 is 5.69 Å². The van der Waals surface area contributed by atoms with Crippen LogP contribution in [0.2, 0.25) is 0 Å². The minimum atomic E-state index is -4.30. The Labute approximate surface area is 117 Å². The molecule has 1 rings (SSSR count).